The number of rotatable bonds is 10. The van der Waals surface area contributed by atoms with Gasteiger partial charge in [0.25, 0.3) is 0 Å². The van der Waals surface area contributed by atoms with Crippen LogP contribution in [-0.4, -0.2) is 19.5 Å². The molecule has 0 aromatic rings. The molecular formula is C13H26O2. The number of ether oxygens (including phenoxy) is 2. The fourth-order valence-electron chi connectivity index (χ4n) is 1.38. The molecule has 0 fully saturated rings. The van der Waals surface area contributed by atoms with E-state index in [9.17, 15) is 0 Å². The Hall–Kier alpha value is -0.340. The summed E-state index contributed by atoms with van der Waals surface area (Å²) >= 11 is 0. The molecule has 15 heavy (non-hydrogen) atoms. The van der Waals surface area contributed by atoms with Gasteiger partial charge in [0.1, 0.15) is 0 Å². The first-order chi connectivity index (χ1) is 7.35. The molecule has 0 amide bonds. The summed E-state index contributed by atoms with van der Waals surface area (Å²) in [4.78, 5) is 0. The topological polar surface area (TPSA) is 18.5 Å². The maximum absolute atomic E-state index is 5.40. The van der Waals surface area contributed by atoms with Crippen LogP contribution in [0.5, 0.6) is 0 Å². The van der Waals surface area contributed by atoms with Crippen LogP contribution in [0.25, 0.3) is 0 Å². The number of hydrogen-bond acceptors (Lipinski definition) is 2. The molecule has 0 aromatic heterocycles. The third-order valence-electron chi connectivity index (χ3n) is 2.18. The van der Waals surface area contributed by atoms with Crippen molar-refractivity contribution in [2.45, 2.75) is 59.2 Å². The fraction of sp³-hybridized carbons (Fsp3) is 0.846. The van der Waals surface area contributed by atoms with Crippen LogP contribution in [0, 0.1) is 0 Å². The molecule has 2 heteroatoms. The van der Waals surface area contributed by atoms with Crippen molar-refractivity contribution in [3.8, 4) is 0 Å². The molecular weight excluding hydrogens is 188 g/mol. The van der Waals surface area contributed by atoms with E-state index in [0.29, 0.717) is 13.2 Å². The van der Waals surface area contributed by atoms with E-state index in [1.807, 2.05) is 19.9 Å². The number of unbranched alkanes of at least 4 members (excludes halogenated alkanes) is 4. The van der Waals surface area contributed by atoms with Crippen molar-refractivity contribution < 1.29 is 9.47 Å². The van der Waals surface area contributed by atoms with Gasteiger partial charge < -0.3 is 9.47 Å². The predicted molar refractivity (Wildman–Crippen MR) is 64.9 cm³/mol. The fourth-order valence-corrected chi connectivity index (χ4v) is 1.38. The van der Waals surface area contributed by atoms with Crippen LogP contribution in [-0.2, 0) is 9.47 Å². The Morgan fingerprint density at radius 1 is 0.933 bits per heavy atom. The molecule has 0 saturated carbocycles. The molecule has 0 radical (unpaired) electrons. The van der Waals surface area contributed by atoms with Gasteiger partial charge in [-0.25, -0.2) is 0 Å². The van der Waals surface area contributed by atoms with E-state index >= 15 is 0 Å². The lowest BCUT2D eigenvalue weighted by molar-refractivity contribution is -0.104. The SMILES string of the molecule is CCCCCC/C=C/C(OCC)OCC. The molecule has 2 nitrogen and oxygen atoms in total. The number of hydrogen-bond donors (Lipinski definition) is 0. The average Bonchev–Trinajstić information content (AvgIpc) is 2.24. The van der Waals surface area contributed by atoms with E-state index in [2.05, 4.69) is 13.0 Å². The Kier molecular flexibility index (Phi) is 11.5. The van der Waals surface area contributed by atoms with Crippen molar-refractivity contribution in [3.63, 3.8) is 0 Å². The van der Waals surface area contributed by atoms with Crippen LogP contribution in [0.3, 0.4) is 0 Å². The number of allylic oxidation sites excluding steroid dienone is 1. The summed E-state index contributed by atoms with van der Waals surface area (Å²) in [6.45, 7) is 7.61. The Morgan fingerprint density at radius 2 is 1.60 bits per heavy atom. The lowest BCUT2D eigenvalue weighted by atomic mass is 10.1. The minimum Gasteiger partial charge on any atom is -0.349 e. The molecule has 0 unspecified atom stereocenters. The third kappa shape index (κ3) is 9.95. The zero-order valence-corrected chi connectivity index (χ0v) is 10.5. The van der Waals surface area contributed by atoms with Gasteiger partial charge >= 0.3 is 0 Å². The smallest absolute Gasteiger partial charge is 0.176 e. The zero-order chi connectivity index (χ0) is 11.4. The van der Waals surface area contributed by atoms with Crippen LogP contribution >= 0.6 is 0 Å². The van der Waals surface area contributed by atoms with Crippen molar-refractivity contribution in [1.29, 1.82) is 0 Å². The molecule has 0 atom stereocenters. The van der Waals surface area contributed by atoms with Gasteiger partial charge in [0.2, 0.25) is 0 Å². The summed E-state index contributed by atoms with van der Waals surface area (Å²) in [5.74, 6) is 0. The Balaban J connectivity index is 3.50. The van der Waals surface area contributed by atoms with Crippen molar-refractivity contribution in [1.82, 2.24) is 0 Å². The summed E-state index contributed by atoms with van der Waals surface area (Å²) in [5.41, 5.74) is 0. The van der Waals surface area contributed by atoms with Crippen LogP contribution < -0.4 is 0 Å². The maximum Gasteiger partial charge on any atom is 0.176 e. The lowest BCUT2D eigenvalue weighted by Crippen LogP contribution is -2.14. The van der Waals surface area contributed by atoms with Crippen LogP contribution in [0.4, 0.5) is 0 Å². The van der Waals surface area contributed by atoms with E-state index in [0.717, 1.165) is 6.42 Å². The first-order valence-corrected chi connectivity index (χ1v) is 6.24. The van der Waals surface area contributed by atoms with Crippen molar-refractivity contribution in [3.05, 3.63) is 12.2 Å². The summed E-state index contributed by atoms with van der Waals surface area (Å²) < 4.78 is 10.8. The van der Waals surface area contributed by atoms with E-state index in [4.69, 9.17) is 9.47 Å². The summed E-state index contributed by atoms with van der Waals surface area (Å²) in [6, 6.07) is 0. The monoisotopic (exact) mass is 214 g/mol. The molecule has 0 aliphatic heterocycles. The highest BCUT2D eigenvalue weighted by Crippen LogP contribution is 2.04. The van der Waals surface area contributed by atoms with E-state index < -0.39 is 0 Å². The molecule has 0 N–H and O–H groups in total. The molecule has 0 spiro atoms. The quantitative estimate of drug-likeness (QED) is 0.312. The van der Waals surface area contributed by atoms with Gasteiger partial charge in [0.05, 0.1) is 0 Å². The second-order valence-corrected chi connectivity index (χ2v) is 3.56. The first-order valence-electron chi connectivity index (χ1n) is 6.24. The second kappa shape index (κ2) is 11.7. The van der Waals surface area contributed by atoms with E-state index in [-0.39, 0.29) is 6.29 Å². The molecule has 90 valence electrons. The molecule has 0 saturated heterocycles. The first kappa shape index (κ1) is 14.7. The summed E-state index contributed by atoms with van der Waals surface area (Å²) in [5, 5.41) is 0. The highest BCUT2D eigenvalue weighted by atomic mass is 16.7. The standard InChI is InChI=1S/C13H26O2/c1-4-7-8-9-10-11-12-13(14-5-2)15-6-3/h11-13H,4-10H2,1-3H3/b12-11+. The van der Waals surface area contributed by atoms with Crippen molar-refractivity contribution in [2.24, 2.45) is 0 Å². The van der Waals surface area contributed by atoms with Gasteiger partial charge in [0, 0.05) is 13.2 Å². The highest BCUT2D eigenvalue weighted by molar-refractivity contribution is 4.85. The van der Waals surface area contributed by atoms with Crippen LogP contribution in [0.1, 0.15) is 52.9 Å². The van der Waals surface area contributed by atoms with Gasteiger partial charge in [0.15, 0.2) is 6.29 Å². The predicted octanol–water partition coefficient (Wildman–Crippen LogP) is 3.91. The van der Waals surface area contributed by atoms with Crippen LogP contribution in [0.15, 0.2) is 12.2 Å². The van der Waals surface area contributed by atoms with Gasteiger partial charge in [-0.1, -0.05) is 32.3 Å². The largest absolute Gasteiger partial charge is 0.349 e. The summed E-state index contributed by atoms with van der Waals surface area (Å²) in [7, 11) is 0. The van der Waals surface area contributed by atoms with Crippen LogP contribution in [0.2, 0.25) is 0 Å². The minimum absolute atomic E-state index is 0.147. The molecule has 0 aromatic carbocycles. The third-order valence-corrected chi connectivity index (χ3v) is 2.18. The summed E-state index contributed by atoms with van der Waals surface area (Å²) in [6.07, 6.45) is 10.4. The molecule has 0 aliphatic carbocycles. The molecule has 0 bridgehead atoms. The van der Waals surface area contributed by atoms with Crippen molar-refractivity contribution >= 4 is 0 Å². The van der Waals surface area contributed by atoms with Gasteiger partial charge in [-0.2, -0.15) is 0 Å². The highest BCUT2D eigenvalue weighted by Gasteiger charge is 2.00. The van der Waals surface area contributed by atoms with Gasteiger partial charge in [-0.05, 0) is 32.8 Å². The van der Waals surface area contributed by atoms with E-state index in [1.54, 1.807) is 0 Å². The lowest BCUT2D eigenvalue weighted by Gasteiger charge is -2.12. The van der Waals surface area contributed by atoms with Crippen molar-refractivity contribution in [2.75, 3.05) is 13.2 Å². The molecule has 0 heterocycles. The normalized spacial score (nSPS) is 11.7. The molecule has 0 rings (SSSR count). The molecule has 0 aliphatic rings. The second-order valence-electron chi connectivity index (χ2n) is 3.56. The Labute approximate surface area is 94.7 Å². The Morgan fingerprint density at radius 3 is 2.13 bits per heavy atom. The maximum atomic E-state index is 5.40. The minimum atomic E-state index is -0.147. The zero-order valence-electron chi connectivity index (χ0n) is 10.5. The van der Waals surface area contributed by atoms with Gasteiger partial charge in [-0.3, -0.25) is 0 Å². The van der Waals surface area contributed by atoms with Gasteiger partial charge in [-0.15, -0.1) is 0 Å². The Bertz CT molecular complexity index is 137. The average molecular weight is 214 g/mol. The van der Waals surface area contributed by atoms with E-state index in [1.165, 1.54) is 25.7 Å².